The lowest BCUT2D eigenvalue weighted by atomic mass is 10.1. The largest absolute Gasteiger partial charge is 0.474 e. The number of carbonyl (C=O) groups is 3. The number of carboxylic acids is 1. The van der Waals surface area contributed by atoms with E-state index in [9.17, 15) is 19.5 Å². The van der Waals surface area contributed by atoms with Crippen molar-refractivity contribution in [2.45, 2.75) is 84.1 Å². The van der Waals surface area contributed by atoms with E-state index in [2.05, 4.69) is 12.2 Å². The zero-order valence-electron chi connectivity index (χ0n) is 25.4. The van der Waals surface area contributed by atoms with Crippen molar-refractivity contribution >= 4 is 17.8 Å². The molecule has 0 saturated carbocycles. The normalized spacial score (nSPS) is 10.7. The van der Waals surface area contributed by atoms with E-state index >= 15 is 0 Å². The van der Waals surface area contributed by atoms with Crippen molar-refractivity contribution in [2.75, 3.05) is 13.1 Å². The smallest absolute Gasteiger partial charge is 0.394 e. The van der Waals surface area contributed by atoms with Crippen LogP contribution in [0, 0.1) is 0 Å². The van der Waals surface area contributed by atoms with Gasteiger partial charge in [-0.1, -0.05) is 113 Å². The second-order valence-corrected chi connectivity index (χ2v) is 10.9. The van der Waals surface area contributed by atoms with Crippen LogP contribution in [0.4, 0.5) is 0 Å². The lowest BCUT2D eigenvalue weighted by Gasteiger charge is -2.22. The minimum absolute atomic E-state index is 0.118. The molecule has 0 aromatic heterocycles. The second-order valence-electron chi connectivity index (χ2n) is 10.9. The number of rotatable bonds is 19. The van der Waals surface area contributed by atoms with Crippen LogP contribution in [0.2, 0.25) is 0 Å². The molecule has 0 radical (unpaired) electrons. The van der Waals surface area contributed by atoms with E-state index in [0.717, 1.165) is 24.0 Å². The average Bonchev–Trinajstić information content (AvgIpc) is 3.02. The third-order valence-corrected chi connectivity index (χ3v) is 7.47. The van der Waals surface area contributed by atoms with Crippen LogP contribution < -0.4 is 10.1 Å². The van der Waals surface area contributed by atoms with Gasteiger partial charge in [0.15, 0.2) is 0 Å². The summed E-state index contributed by atoms with van der Waals surface area (Å²) < 4.78 is 6.02. The predicted octanol–water partition coefficient (Wildman–Crippen LogP) is 7.79. The summed E-state index contributed by atoms with van der Waals surface area (Å²) in [6, 6.07) is 23.9. The summed E-state index contributed by atoms with van der Waals surface area (Å²) in [6.07, 6.45) is 12.9. The fraction of sp³-hybridized carbons (Fsp3) is 0.417. The monoisotopic (exact) mass is 586 g/mol. The van der Waals surface area contributed by atoms with Crippen LogP contribution in [0.5, 0.6) is 11.5 Å². The molecular weight excluding hydrogens is 540 g/mol. The van der Waals surface area contributed by atoms with Gasteiger partial charge in [0, 0.05) is 25.2 Å². The molecular formula is C36H46N2O5. The van der Waals surface area contributed by atoms with Crippen LogP contribution in [0.15, 0.2) is 78.9 Å². The molecule has 0 atom stereocenters. The Morgan fingerprint density at radius 3 is 2.00 bits per heavy atom. The number of aliphatic carboxylic acids is 1. The van der Waals surface area contributed by atoms with Gasteiger partial charge in [0.2, 0.25) is 0 Å². The quantitative estimate of drug-likeness (QED) is 0.110. The molecule has 0 aliphatic carbocycles. The molecule has 0 saturated heterocycles. The highest BCUT2D eigenvalue weighted by molar-refractivity contribution is 6.31. The molecule has 0 spiro atoms. The van der Waals surface area contributed by atoms with E-state index in [1.54, 1.807) is 24.3 Å². The van der Waals surface area contributed by atoms with Crippen molar-refractivity contribution in [3.63, 3.8) is 0 Å². The van der Waals surface area contributed by atoms with Gasteiger partial charge in [0.05, 0.1) is 0 Å². The molecule has 7 nitrogen and oxygen atoms in total. The molecule has 3 rings (SSSR count). The fourth-order valence-corrected chi connectivity index (χ4v) is 4.97. The Kier molecular flexibility index (Phi) is 14.9. The Bertz CT molecular complexity index is 1260. The molecule has 230 valence electrons. The van der Waals surface area contributed by atoms with Crippen LogP contribution in [0.25, 0.3) is 0 Å². The average molecular weight is 587 g/mol. The van der Waals surface area contributed by atoms with Crippen LogP contribution in [0.3, 0.4) is 0 Å². The first kappa shape index (κ1) is 33.4. The van der Waals surface area contributed by atoms with Crippen molar-refractivity contribution in [1.29, 1.82) is 0 Å². The molecule has 0 aliphatic heterocycles. The molecule has 3 aromatic carbocycles. The van der Waals surface area contributed by atoms with E-state index in [0.29, 0.717) is 30.0 Å². The molecule has 0 fully saturated rings. The minimum atomic E-state index is -1.50. The molecule has 7 heteroatoms. The Morgan fingerprint density at radius 2 is 1.35 bits per heavy atom. The number of carbonyl (C=O) groups excluding carboxylic acids is 2. The highest BCUT2D eigenvalue weighted by atomic mass is 16.5. The number of nitrogens with one attached hydrogen (secondary N) is 1. The van der Waals surface area contributed by atoms with Crippen molar-refractivity contribution < 1.29 is 24.2 Å². The number of nitrogens with zero attached hydrogens (tertiary/aromatic N) is 1. The SMILES string of the molecule is CCCCCCCCCCCCNC(=O)c1ccc(CN(CCc2ccccc2Oc2ccccc2)C(=O)C(=O)O)cc1. The third-order valence-electron chi connectivity index (χ3n) is 7.47. The number of amides is 2. The molecule has 2 amide bonds. The molecule has 0 unspecified atom stereocenters. The molecule has 0 bridgehead atoms. The maximum Gasteiger partial charge on any atom is 0.394 e. The summed E-state index contributed by atoms with van der Waals surface area (Å²) in [5, 5.41) is 12.4. The highest BCUT2D eigenvalue weighted by Crippen LogP contribution is 2.25. The minimum Gasteiger partial charge on any atom is -0.474 e. The second kappa shape index (κ2) is 19.1. The lowest BCUT2D eigenvalue weighted by molar-refractivity contribution is -0.156. The molecule has 43 heavy (non-hydrogen) atoms. The molecule has 3 aromatic rings. The summed E-state index contributed by atoms with van der Waals surface area (Å²) in [6.45, 7) is 3.20. The van der Waals surface area contributed by atoms with Gasteiger partial charge >= 0.3 is 11.9 Å². The summed E-state index contributed by atoms with van der Waals surface area (Å²) in [4.78, 5) is 38.0. The van der Waals surface area contributed by atoms with Gasteiger partial charge in [0.25, 0.3) is 5.91 Å². The number of para-hydroxylation sites is 2. The maximum absolute atomic E-state index is 12.6. The van der Waals surface area contributed by atoms with Gasteiger partial charge in [-0.2, -0.15) is 0 Å². The Labute approximate surface area is 256 Å². The van der Waals surface area contributed by atoms with Gasteiger partial charge in [-0.3, -0.25) is 9.59 Å². The topological polar surface area (TPSA) is 95.9 Å². The molecule has 2 N–H and O–H groups in total. The number of carboxylic acid groups (broad SMARTS) is 1. The Balaban J connectivity index is 1.46. The Morgan fingerprint density at radius 1 is 0.744 bits per heavy atom. The van der Waals surface area contributed by atoms with Crippen LogP contribution in [0.1, 0.15) is 92.6 Å². The van der Waals surface area contributed by atoms with E-state index in [4.69, 9.17) is 4.74 Å². The zero-order valence-corrected chi connectivity index (χ0v) is 25.4. The molecule has 0 aliphatic rings. The number of hydrogen-bond donors (Lipinski definition) is 2. The van der Waals surface area contributed by atoms with E-state index in [-0.39, 0.29) is 19.0 Å². The summed E-state index contributed by atoms with van der Waals surface area (Å²) in [7, 11) is 0. The zero-order chi connectivity index (χ0) is 30.7. The Hall–Kier alpha value is -4.13. The molecule has 0 heterocycles. The van der Waals surface area contributed by atoms with Gasteiger partial charge in [-0.15, -0.1) is 0 Å². The number of hydrogen-bond acceptors (Lipinski definition) is 4. The van der Waals surface area contributed by atoms with Crippen molar-refractivity contribution in [2.24, 2.45) is 0 Å². The summed E-state index contributed by atoms with van der Waals surface area (Å²) in [5.41, 5.74) is 2.15. The standard InChI is InChI=1S/C36H46N2O5/c1-2-3-4-5-6-7-8-9-10-16-26-37-34(39)31-23-21-29(22-24-31)28-38(35(40)36(41)42)27-25-30-17-14-15-20-33(30)43-32-18-12-11-13-19-32/h11-15,17-24H,2-10,16,25-28H2,1H3,(H,37,39)(H,41,42). The van der Waals surface area contributed by atoms with Crippen LogP contribution in [-0.4, -0.2) is 40.9 Å². The van der Waals surface area contributed by atoms with E-state index in [1.807, 2.05) is 54.6 Å². The van der Waals surface area contributed by atoms with Gasteiger partial charge in [-0.05, 0) is 54.3 Å². The number of unbranched alkanes of at least 4 members (excludes halogenated alkanes) is 9. The summed E-state index contributed by atoms with van der Waals surface area (Å²) >= 11 is 0. The predicted molar refractivity (Wildman–Crippen MR) is 170 cm³/mol. The van der Waals surface area contributed by atoms with Crippen molar-refractivity contribution in [1.82, 2.24) is 10.2 Å². The van der Waals surface area contributed by atoms with Gasteiger partial charge in [-0.25, -0.2) is 4.79 Å². The van der Waals surface area contributed by atoms with Crippen molar-refractivity contribution in [3.05, 3.63) is 95.6 Å². The van der Waals surface area contributed by atoms with Crippen LogP contribution >= 0.6 is 0 Å². The van der Waals surface area contributed by atoms with E-state index < -0.39 is 11.9 Å². The van der Waals surface area contributed by atoms with Gasteiger partial charge < -0.3 is 20.1 Å². The van der Waals surface area contributed by atoms with Crippen LogP contribution in [-0.2, 0) is 22.6 Å². The van der Waals surface area contributed by atoms with Gasteiger partial charge in [0.1, 0.15) is 11.5 Å². The number of benzene rings is 3. The first-order chi connectivity index (χ1) is 21.0. The maximum atomic E-state index is 12.6. The highest BCUT2D eigenvalue weighted by Gasteiger charge is 2.22. The summed E-state index contributed by atoms with van der Waals surface area (Å²) in [5.74, 6) is -1.25. The van der Waals surface area contributed by atoms with E-state index in [1.165, 1.54) is 56.3 Å². The first-order valence-corrected chi connectivity index (χ1v) is 15.7. The third kappa shape index (κ3) is 12.3. The lowest BCUT2D eigenvalue weighted by Crippen LogP contribution is -2.37. The fourth-order valence-electron chi connectivity index (χ4n) is 4.97. The first-order valence-electron chi connectivity index (χ1n) is 15.7. The number of ether oxygens (including phenoxy) is 1. The van der Waals surface area contributed by atoms with Crippen molar-refractivity contribution in [3.8, 4) is 11.5 Å².